The molecule has 2 N–H and O–H groups in total. The Hall–Kier alpha value is -1.76. The zero-order valence-electron chi connectivity index (χ0n) is 15.1. The molecule has 26 heavy (non-hydrogen) atoms. The number of methoxy groups -OCH3 is 1. The van der Waals surface area contributed by atoms with E-state index in [1.807, 2.05) is 49.0 Å². The van der Waals surface area contributed by atoms with Crippen molar-refractivity contribution in [2.75, 3.05) is 20.2 Å². The van der Waals surface area contributed by atoms with Gasteiger partial charge in [-0.05, 0) is 36.7 Å². The fraction of sp³-hybridized carbons (Fsp3) is 0.444. The summed E-state index contributed by atoms with van der Waals surface area (Å²) in [5.41, 5.74) is 0.984. The summed E-state index contributed by atoms with van der Waals surface area (Å²) in [5, 5.41) is 6.39. The Morgan fingerprint density at radius 1 is 1.31 bits per heavy atom. The van der Waals surface area contributed by atoms with Crippen LogP contribution < -0.4 is 15.4 Å². The molecule has 1 aromatic carbocycles. The van der Waals surface area contributed by atoms with Gasteiger partial charge in [-0.1, -0.05) is 19.1 Å². The van der Waals surface area contributed by atoms with Gasteiger partial charge in [0.05, 0.1) is 7.11 Å². The van der Waals surface area contributed by atoms with E-state index in [9.17, 15) is 4.79 Å². The fourth-order valence-corrected chi connectivity index (χ4v) is 2.90. The number of ether oxygens (including phenoxy) is 1. The number of carbonyl (C=O) groups is 1. The highest BCUT2D eigenvalue weighted by molar-refractivity contribution is 5.85. The van der Waals surface area contributed by atoms with Gasteiger partial charge in [-0.15, -0.1) is 24.8 Å². The van der Waals surface area contributed by atoms with E-state index in [0.29, 0.717) is 5.92 Å². The van der Waals surface area contributed by atoms with E-state index >= 15 is 0 Å². The van der Waals surface area contributed by atoms with Crippen LogP contribution in [-0.2, 0) is 11.8 Å². The SMILES string of the molecule is COc1ccc(C(NC(=O)C(C)C2CNC2)c2nccn2C)cc1.Cl.Cl. The Kier molecular flexibility index (Phi) is 8.40. The topological polar surface area (TPSA) is 68.2 Å². The second kappa shape index (κ2) is 9.80. The highest BCUT2D eigenvalue weighted by Gasteiger charge is 2.31. The van der Waals surface area contributed by atoms with Gasteiger partial charge >= 0.3 is 0 Å². The number of aromatic nitrogens is 2. The Morgan fingerprint density at radius 2 is 1.96 bits per heavy atom. The van der Waals surface area contributed by atoms with Crippen LogP contribution in [-0.4, -0.2) is 35.7 Å². The lowest BCUT2D eigenvalue weighted by Gasteiger charge is -2.32. The van der Waals surface area contributed by atoms with Crippen LogP contribution in [0.5, 0.6) is 5.75 Å². The van der Waals surface area contributed by atoms with Crippen molar-refractivity contribution in [1.82, 2.24) is 20.2 Å². The molecule has 2 atom stereocenters. The van der Waals surface area contributed by atoms with Crippen LogP contribution in [0.2, 0.25) is 0 Å². The predicted molar refractivity (Wildman–Crippen MR) is 106 cm³/mol. The quantitative estimate of drug-likeness (QED) is 0.780. The molecule has 1 aromatic heterocycles. The number of hydrogen-bond donors (Lipinski definition) is 2. The van der Waals surface area contributed by atoms with Crippen LogP contribution in [0.4, 0.5) is 0 Å². The number of nitrogens with zero attached hydrogens (tertiary/aromatic N) is 2. The maximum Gasteiger partial charge on any atom is 0.224 e. The Morgan fingerprint density at radius 3 is 2.42 bits per heavy atom. The first kappa shape index (κ1) is 22.3. The normalized spacial score (nSPS) is 15.7. The van der Waals surface area contributed by atoms with Gasteiger partial charge in [0.1, 0.15) is 17.6 Å². The average molecular weight is 401 g/mol. The number of imidazole rings is 1. The lowest BCUT2D eigenvalue weighted by atomic mass is 9.88. The number of nitrogens with one attached hydrogen (secondary N) is 2. The van der Waals surface area contributed by atoms with E-state index in [-0.39, 0.29) is 42.7 Å². The molecule has 0 radical (unpaired) electrons. The van der Waals surface area contributed by atoms with E-state index in [0.717, 1.165) is 30.2 Å². The largest absolute Gasteiger partial charge is 0.497 e. The van der Waals surface area contributed by atoms with Gasteiger partial charge in [0.15, 0.2) is 0 Å². The van der Waals surface area contributed by atoms with Crippen molar-refractivity contribution in [1.29, 1.82) is 0 Å². The minimum absolute atomic E-state index is 0. The van der Waals surface area contributed by atoms with Crippen molar-refractivity contribution in [2.24, 2.45) is 18.9 Å². The van der Waals surface area contributed by atoms with Crippen LogP contribution in [0, 0.1) is 11.8 Å². The summed E-state index contributed by atoms with van der Waals surface area (Å²) in [4.78, 5) is 17.1. The summed E-state index contributed by atoms with van der Waals surface area (Å²) in [6.45, 7) is 3.80. The Bertz CT molecular complexity index is 701. The van der Waals surface area contributed by atoms with E-state index < -0.39 is 0 Å². The number of amides is 1. The maximum atomic E-state index is 12.7. The lowest BCUT2D eigenvalue weighted by Crippen LogP contribution is -2.50. The first-order chi connectivity index (χ1) is 11.6. The summed E-state index contributed by atoms with van der Waals surface area (Å²) in [7, 11) is 3.58. The van der Waals surface area contributed by atoms with Crippen molar-refractivity contribution in [3.05, 3.63) is 48.0 Å². The molecule has 8 heteroatoms. The average Bonchev–Trinajstić information content (AvgIpc) is 2.96. The standard InChI is InChI=1S/C18H24N4O2.2ClH/c1-12(14-10-19-11-14)18(23)21-16(17-20-8-9-22(17)2)13-4-6-15(24-3)7-5-13;;/h4-9,12,14,16,19H,10-11H2,1-3H3,(H,21,23);2*1H. The van der Waals surface area contributed by atoms with Gasteiger partial charge in [-0.25, -0.2) is 4.98 Å². The molecule has 144 valence electrons. The Balaban J connectivity index is 0.00000169. The summed E-state index contributed by atoms with van der Waals surface area (Å²) in [5.74, 6) is 2.05. The predicted octanol–water partition coefficient (Wildman–Crippen LogP) is 2.33. The number of hydrogen-bond acceptors (Lipinski definition) is 4. The third kappa shape index (κ3) is 4.69. The van der Waals surface area contributed by atoms with E-state index in [2.05, 4.69) is 15.6 Å². The van der Waals surface area contributed by atoms with Crippen molar-refractivity contribution >= 4 is 30.7 Å². The number of halogens is 2. The molecule has 1 amide bonds. The van der Waals surface area contributed by atoms with Gasteiger partial charge in [0, 0.05) is 25.4 Å². The molecule has 0 saturated carbocycles. The molecular weight excluding hydrogens is 375 g/mol. The molecule has 1 fully saturated rings. The van der Waals surface area contributed by atoms with Crippen LogP contribution in [0.25, 0.3) is 0 Å². The zero-order chi connectivity index (χ0) is 17.1. The molecule has 6 nitrogen and oxygen atoms in total. The van der Waals surface area contributed by atoms with Gasteiger partial charge in [0.2, 0.25) is 5.91 Å². The van der Waals surface area contributed by atoms with Crippen molar-refractivity contribution in [3.63, 3.8) is 0 Å². The van der Waals surface area contributed by atoms with Gasteiger partial charge in [-0.2, -0.15) is 0 Å². The molecule has 0 spiro atoms. The first-order valence-corrected chi connectivity index (χ1v) is 8.22. The number of aryl methyl sites for hydroxylation is 1. The first-order valence-electron chi connectivity index (χ1n) is 8.22. The van der Waals surface area contributed by atoms with Crippen molar-refractivity contribution < 1.29 is 9.53 Å². The Labute approximate surface area is 166 Å². The smallest absolute Gasteiger partial charge is 0.224 e. The molecule has 3 rings (SSSR count). The minimum atomic E-state index is -0.279. The van der Waals surface area contributed by atoms with Crippen molar-refractivity contribution in [2.45, 2.75) is 13.0 Å². The highest BCUT2D eigenvalue weighted by Crippen LogP contribution is 2.24. The molecule has 0 bridgehead atoms. The van der Waals surface area contributed by atoms with E-state index in [1.165, 1.54) is 0 Å². The molecule has 1 aliphatic heterocycles. The minimum Gasteiger partial charge on any atom is -0.497 e. The van der Waals surface area contributed by atoms with Gasteiger partial charge in [0.25, 0.3) is 0 Å². The summed E-state index contributed by atoms with van der Waals surface area (Å²) in [6.07, 6.45) is 3.63. The zero-order valence-corrected chi connectivity index (χ0v) is 16.8. The van der Waals surface area contributed by atoms with Crippen molar-refractivity contribution in [3.8, 4) is 5.75 Å². The van der Waals surface area contributed by atoms with Crippen LogP contribution in [0.15, 0.2) is 36.7 Å². The summed E-state index contributed by atoms with van der Waals surface area (Å²) >= 11 is 0. The molecule has 2 heterocycles. The molecule has 1 saturated heterocycles. The van der Waals surface area contributed by atoms with Crippen LogP contribution >= 0.6 is 24.8 Å². The molecular formula is C18H26Cl2N4O2. The number of rotatable bonds is 6. The second-order valence-electron chi connectivity index (χ2n) is 6.32. The van der Waals surface area contributed by atoms with E-state index in [4.69, 9.17) is 4.74 Å². The highest BCUT2D eigenvalue weighted by atomic mass is 35.5. The summed E-state index contributed by atoms with van der Waals surface area (Å²) in [6, 6.07) is 7.45. The maximum absolute atomic E-state index is 12.7. The third-order valence-electron chi connectivity index (χ3n) is 4.79. The molecule has 1 aliphatic rings. The number of benzene rings is 1. The van der Waals surface area contributed by atoms with Gasteiger partial charge < -0.3 is 19.9 Å². The van der Waals surface area contributed by atoms with Crippen LogP contribution in [0.3, 0.4) is 0 Å². The molecule has 0 aliphatic carbocycles. The molecule has 2 aromatic rings. The summed E-state index contributed by atoms with van der Waals surface area (Å²) < 4.78 is 7.16. The lowest BCUT2D eigenvalue weighted by molar-refractivity contribution is -0.127. The molecule has 2 unspecified atom stereocenters. The monoisotopic (exact) mass is 400 g/mol. The number of carbonyl (C=O) groups excluding carboxylic acids is 1. The second-order valence-corrected chi connectivity index (χ2v) is 6.32. The third-order valence-corrected chi connectivity index (χ3v) is 4.79. The van der Waals surface area contributed by atoms with Gasteiger partial charge in [-0.3, -0.25) is 4.79 Å². The van der Waals surface area contributed by atoms with E-state index in [1.54, 1.807) is 13.3 Å². The van der Waals surface area contributed by atoms with Crippen LogP contribution in [0.1, 0.15) is 24.4 Å². The fourth-order valence-electron chi connectivity index (χ4n) is 2.90.